The number of benzene rings is 2. The summed E-state index contributed by atoms with van der Waals surface area (Å²) < 4.78 is 5.54. The summed E-state index contributed by atoms with van der Waals surface area (Å²) in [6, 6.07) is 15.8. The summed E-state index contributed by atoms with van der Waals surface area (Å²) >= 11 is 0. The fraction of sp³-hybridized carbons (Fsp3) is 0.350. The van der Waals surface area contributed by atoms with E-state index in [1.807, 2.05) is 43.3 Å². The van der Waals surface area contributed by atoms with E-state index in [4.69, 9.17) is 4.74 Å². The van der Waals surface area contributed by atoms with Crippen LogP contribution in [-0.4, -0.2) is 25.6 Å². The first kappa shape index (κ1) is 16.4. The zero-order valence-corrected chi connectivity index (χ0v) is 14.1. The van der Waals surface area contributed by atoms with Gasteiger partial charge in [-0.05, 0) is 49.6 Å². The Morgan fingerprint density at radius 3 is 2.50 bits per heavy atom. The molecule has 2 aromatic rings. The second kappa shape index (κ2) is 7.86. The van der Waals surface area contributed by atoms with Crippen molar-refractivity contribution in [3.8, 4) is 5.75 Å². The lowest BCUT2D eigenvalue weighted by Crippen LogP contribution is -2.18. The maximum Gasteiger partial charge on any atom is 0.228 e. The number of hydrogen-bond acceptors (Lipinski definition) is 3. The van der Waals surface area contributed by atoms with Crippen LogP contribution in [0.4, 0.5) is 11.4 Å². The van der Waals surface area contributed by atoms with E-state index < -0.39 is 0 Å². The summed E-state index contributed by atoms with van der Waals surface area (Å²) in [7, 11) is 0. The zero-order valence-electron chi connectivity index (χ0n) is 14.1. The molecule has 1 aliphatic rings. The van der Waals surface area contributed by atoms with Crippen molar-refractivity contribution in [3.05, 3.63) is 54.1 Å². The fourth-order valence-electron chi connectivity index (χ4n) is 3.03. The average molecular weight is 324 g/mol. The third kappa shape index (κ3) is 4.07. The first-order chi connectivity index (χ1) is 11.8. The first-order valence-corrected chi connectivity index (χ1v) is 8.62. The Morgan fingerprint density at radius 2 is 1.79 bits per heavy atom. The van der Waals surface area contributed by atoms with Gasteiger partial charge in [-0.15, -0.1) is 0 Å². The van der Waals surface area contributed by atoms with Crippen molar-refractivity contribution >= 4 is 17.3 Å². The minimum Gasteiger partial charge on any atom is -0.492 e. The molecular formula is C20H24N2O2. The van der Waals surface area contributed by atoms with Gasteiger partial charge in [0.15, 0.2) is 0 Å². The van der Waals surface area contributed by atoms with Gasteiger partial charge in [-0.2, -0.15) is 0 Å². The summed E-state index contributed by atoms with van der Waals surface area (Å²) in [5.41, 5.74) is 2.99. The quantitative estimate of drug-likeness (QED) is 0.877. The van der Waals surface area contributed by atoms with Crippen molar-refractivity contribution in [2.24, 2.45) is 0 Å². The Balaban J connectivity index is 1.60. The Bertz CT molecular complexity index is 676. The maximum atomic E-state index is 12.3. The van der Waals surface area contributed by atoms with Crippen LogP contribution in [0.25, 0.3) is 0 Å². The van der Waals surface area contributed by atoms with Crippen LogP contribution in [0.1, 0.15) is 25.3 Å². The van der Waals surface area contributed by atoms with E-state index in [1.165, 1.54) is 18.5 Å². The lowest BCUT2D eigenvalue weighted by atomic mass is 10.1. The van der Waals surface area contributed by atoms with Crippen LogP contribution in [0.3, 0.4) is 0 Å². The van der Waals surface area contributed by atoms with Gasteiger partial charge < -0.3 is 15.0 Å². The molecule has 0 aromatic heterocycles. The van der Waals surface area contributed by atoms with Crippen molar-refractivity contribution in [1.82, 2.24) is 0 Å². The Kier molecular flexibility index (Phi) is 5.36. The molecule has 0 unspecified atom stereocenters. The number of carbonyl (C=O) groups is 1. The molecule has 0 radical (unpaired) electrons. The molecule has 1 N–H and O–H groups in total. The molecule has 1 aliphatic heterocycles. The van der Waals surface area contributed by atoms with Crippen molar-refractivity contribution < 1.29 is 9.53 Å². The molecule has 4 heteroatoms. The third-order valence-corrected chi connectivity index (χ3v) is 4.23. The predicted molar refractivity (Wildman–Crippen MR) is 97.8 cm³/mol. The summed E-state index contributed by atoms with van der Waals surface area (Å²) in [5, 5.41) is 2.94. The van der Waals surface area contributed by atoms with Crippen LogP contribution >= 0.6 is 0 Å². The molecule has 1 fully saturated rings. The molecule has 3 rings (SSSR count). The summed E-state index contributed by atoms with van der Waals surface area (Å²) in [6.07, 6.45) is 2.90. The number of ether oxygens (including phenoxy) is 1. The molecule has 1 amide bonds. The number of hydrogen-bond donors (Lipinski definition) is 1. The second-order valence-corrected chi connectivity index (χ2v) is 6.01. The van der Waals surface area contributed by atoms with Crippen LogP contribution in [-0.2, 0) is 11.2 Å². The van der Waals surface area contributed by atoms with Crippen molar-refractivity contribution in [1.29, 1.82) is 0 Å². The molecular weight excluding hydrogens is 300 g/mol. The van der Waals surface area contributed by atoms with Crippen LogP contribution in [0, 0.1) is 0 Å². The minimum absolute atomic E-state index is 0.0314. The third-order valence-electron chi connectivity index (χ3n) is 4.23. The van der Waals surface area contributed by atoms with Gasteiger partial charge in [0.25, 0.3) is 0 Å². The molecule has 0 aliphatic carbocycles. The molecule has 0 atom stereocenters. The van der Waals surface area contributed by atoms with Crippen LogP contribution in [0.2, 0.25) is 0 Å². The Labute approximate surface area is 143 Å². The molecule has 0 saturated carbocycles. The van der Waals surface area contributed by atoms with E-state index in [0.29, 0.717) is 18.8 Å². The number of para-hydroxylation sites is 2. The molecule has 1 heterocycles. The fourth-order valence-corrected chi connectivity index (χ4v) is 3.03. The van der Waals surface area contributed by atoms with Gasteiger partial charge in [-0.1, -0.05) is 24.3 Å². The highest BCUT2D eigenvalue weighted by atomic mass is 16.5. The van der Waals surface area contributed by atoms with Gasteiger partial charge in [0.2, 0.25) is 5.91 Å². The molecule has 4 nitrogen and oxygen atoms in total. The van der Waals surface area contributed by atoms with Crippen molar-refractivity contribution in [2.45, 2.75) is 26.2 Å². The number of carbonyl (C=O) groups excluding carboxylic acids is 1. The normalized spacial score (nSPS) is 13.8. The number of rotatable bonds is 6. The molecule has 2 aromatic carbocycles. The van der Waals surface area contributed by atoms with E-state index in [2.05, 4.69) is 22.3 Å². The van der Waals surface area contributed by atoms with Gasteiger partial charge >= 0.3 is 0 Å². The van der Waals surface area contributed by atoms with Crippen LogP contribution in [0.15, 0.2) is 48.5 Å². The van der Waals surface area contributed by atoms with E-state index in [-0.39, 0.29) is 5.91 Å². The summed E-state index contributed by atoms with van der Waals surface area (Å²) in [6.45, 7) is 4.77. The van der Waals surface area contributed by atoms with E-state index in [1.54, 1.807) is 0 Å². The molecule has 1 saturated heterocycles. The van der Waals surface area contributed by atoms with Gasteiger partial charge in [0.05, 0.1) is 18.7 Å². The standard InChI is InChI=1S/C20H24N2O2/c1-2-24-19-8-4-3-7-18(19)21-20(23)15-16-9-11-17(12-10-16)22-13-5-6-14-22/h3-4,7-12H,2,5-6,13-15H2,1H3,(H,21,23). The minimum atomic E-state index is -0.0314. The van der Waals surface area contributed by atoms with E-state index in [0.717, 1.165) is 24.3 Å². The van der Waals surface area contributed by atoms with Gasteiger partial charge in [0.1, 0.15) is 5.75 Å². The number of nitrogens with one attached hydrogen (secondary N) is 1. The highest BCUT2D eigenvalue weighted by molar-refractivity contribution is 5.93. The van der Waals surface area contributed by atoms with Crippen LogP contribution in [0.5, 0.6) is 5.75 Å². The Hall–Kier alpha value is -2.49. The van der Waals surface area contributed by atoms with Crippen LogP contribution < -0.4 is 15.0 Å². The molecule has 0 spiro atoms. The number of anilines is 2. The summed E-state index contributed by atoms with van der Waals surface area (Å²) in [4.78, 5) is 14.7. The lowest BCUT2D eigenvalue weighted by molar-refractivity contribution is -0.115. The lowest BCUT2D eigenvalue weighted by Gasteiger charge is -2.17. The maximum absolute atomic E-state index is 12.3. The first-order valence-electron chi connectivity index (χ1n) is 8.62. The predicted octanol–water partition coefficient (Wildman–Crippen LogP) is 3.87. The van der Waals surface area contributed by atoms with Crippen molar-refractivity contribution in [2.75, 3.05) is 29.9 Å². The highest BCUT2D eigenvalue weighted by Crippen LogP contribution is 2.24. The second-order valence-electron chi connectivity index (χ2n) is 6.01. The number of nitrogens with zero attached hydrogens (tertiary/aromatic N) is 1. The SMILES string of the molecule is CCOc1ccccc1NC(=O)Cc1ccc(N2CCCC2)cc1. The molecule has 126 valence electrons. The average Bonchev–Trinajstić information content (AvgIpc) is 3.12. The Morgan fingerprint density at radius 1 is 1.08 bits per heavy atom. The van der Waals surface area contributed by atoms with Gasteiger partial charge in [-0.3, -0.25) is 4.79 Å². The molecule has 24 heavy (non-hydrogen) atoms. The smallest absolute Gasteiger partial charge is 0.228 e. The highest BCUT2D eigenvalue weighted by Gasteiger charge is 2.12. The zero-order chi connectivity index (χ0) is 16.8. The van der Waals surface area contributed by atoms with Crippen molar-refractivity contribution in [3.63, 3.8) is 0 Å². The van der Waals surface area contributed by atoms with Gasteiger partial charge in [-0.25, -0.2) is 0 Å². The topological polar surface area (TPSA) is 41.6 Å². The number of amides is 1. The summed E-state index contributed by atoms with van der Waals surface area (Å²) in [5.74, 6) is 0.675. The molecule has 0 bridgehead atoms. The van der Waals surface area contributed by atoms with E-state index >= 15 is 0 Å². The largest absolute Gasteiger partial charge is 0.492 e. The van der Waals surface area contributed by atoms with Gasteiger partial charge in [0, 0.05) is 18.8 Å². The monoisotopic (exact) mass is 324 g/mol. The van der Waals surface area contributed by atoms with E-state index in [9.17, 15) is 4.79 Å².